The van der Waals surface area contributed by atoms with Gasteiger partial charge in [-0.3, -0.25) is 9.59 Å². The van der Waals surface area contributed by atoms with Crippen LogP contribution in [0.5, 0.6) is 0 Å². The van der Waals surface area contributed by atoms with Crippen LogP contribution in [0.15, 0.2) is 53.1 Å². The average Bonchev–Trinajstić information content (AvgIpc) is 3.30. The van der Waals surface area contributed by atoms with Crippen molar-refractivity contribution in [1.29, 1.82) is 0 Å². The highest BCUT2D eigenvalue weighted by atomic mass is 16.5. The molecule has 0 aliphatic rings. The zero-order valence-electron chi connectivity index (χ0n) is 16.5. The smallest absolute Gasteiger partial charge is 0.340 e. The fourth-order valence-corrected chi connectivity index (χ4v) is 3.00. The maximum absolute atomic E-state index is 12.4. The summed E-state index contributed by atoms with van der Waals surface area (Å²) in [5.41, 5.74) is 3.12. The Kier molecular flexibility index (Phi) is 5.97. The van der Waals surface area contributed by atoms with Gasteiger partial charge in [-0.25, -0.2) is 4.79 Å². The average molecular weight is 394 g/mol. The Morgan fingerprint density at radius 2 is 1.83 bits per heavy atom. The van der Waals surface area contributed by atoms with Crippen LogP contribution in [0.25, 0.3) is 0 Å². The van der Waals surface area contributed by atoms with E-state index in [-0.39, 0.29) is 5.78 Å². The van der Waals surface area contributed by atoms with Crippen LogP contribution >= 0.6 is 0 Å². The molecule has 0 saturated heterocycles. The molecule has 2 heterocycles. The molecule has 0 aliphatic heterocycles. The summed E-state index contributed by atoms with van der Waals surface area (Å²) in [6, 6.07) is 11.9. The number of rotatable bonds is 7. The first-order valence-corrected chi connectivity index (χ1v) is 9.12. The quantitative estimate of drug-likeness (QED) is 0.487. The van der Waals surface area contributed by atoms with E-state index in [0.29, 0.717) is 23.4 Å². The van der Waals surface area contributed by atoms with Crippen LogP contribution in [0.2, 0.25) is 0 Å². The Morgan fingerprint density at radius 1 is 1.10 bits per heavy atom. The van der Waals surface area contributed by atoms with Crippen molar-refractivity contribution >= 4 is 23.3 Å². The molecule has 0 saturated carbocycles. The Labute approximate surface area is 168 Å². The lowest BCUT2D eigenvalue weighted by Crippen LogP contribution is -2.21. The van der Waals surface area contributed by atoms with Gasteiger partial charge in [0.1, 0.15) is 5.76 Å². The summed E-state index contributed by atoms with van der Waals surface area (Å²) in [4.78, 5) is 35.8. The van der Waals surface area contributed by atoms with E-state index >= 15 is 0 Å². The second-order valence-electron chi connectivity index (χ2n) is 6.71. The Hall–Kier alpha value is -3.61. The normalized spacial score (nSPS) is 10.6. The monoisotopic (exact) mass is 394 g/mol. The number of anilines is 1. The summed E-state index contributed by atoms with van der Waals surface area (Å²) in [6.45, 7) is 5.29. The Morgan fingerprint density at radius 3 is 2.45 bits per heavy atom. The number of Topliss-reactive ketones (excluding diaryl/α,β-unsaturated/α-hetero) is 1. The molecular weight excluding hydrogens is 372 g/mol. The predicted octanol–water partition coefficient (Wildman–Crippen LogP) is 3.74. The number of carbonyl (C=O) groups is 3. The molecule has 7 heteroatoms. The van der Waals surface area contributed by atoms with Gasteiger partial charge in [-0.1, -0.05) is 0 Å². The zero-order valence-corrected chi connectivity index (χ0v) is 16.5. The number of aromatic nitrogens is 1. The van der Waals surface area contributed by atoms with E-state index in [1.54, 1.807) is 36.6 Å². The fourth-order valence-electron chi connectivity index (χ4n) is 3.00. The molecule has 0 aliphatic carbocycles. The fraction of sp³-hybridized carbons (Fsp3) is 0.227. The van der Waals surface area contributed by atoms with Crippen molar-refractivity contribution in [2.75, 3.05) is 11.9 Å². The van der Waals surface area contributed by atoms with Gasteiger partial charge in [-0.05, 0) is 63.2 Å². The second kappa shape index (κ2) is 8.60. The SMILES string of the molecule is CC(=O)c1ccc(NC(=O)COC(=O)c2cc(C)n(Cc3ccco3)c2C)cc1. The summed E-state index contributed by atoms with van der Waals surface area (Å²) in [5, 5.41) is 2.63. The number of carbonyl (C=O) groups excluding carboxylic acids is 3. The predicted molar refractivity (Wildman–Crippen MR) is 107 cm³/mol. The van der Waals surface area contributed by atoms with E-state index in [0.717, 1.165) is 17.1 Å². The number of ether oxygens (including phenoxy) is 1. The highest BCUT2D eigenvalue weighted by Crippen LogP contribution is 2.18. The maximum Gasteiger partial charge on any atom is 0.340 e. The number of amides is 1. The standard InChI is InChI=1S/C22H22N2O5/c1-14-11-20(15(2)24(14)12-19-5-4-10-28-19)22(27)29-13-21(26)23-18-8-6-17(7-9-18)16(3)25/h4-11H,12-13H2,1-3H3,(H,23,26). The lowest BCUT2D eigenvalue weighted by Gasteiger charge is -2.09. The molecule has 150 valence electrons. The van der Waals surface area contributed by atoms with Crippen molar-refractivity contribution < 1.29 is 23.5 Å². The van der Waals surface area contributed by atoms with E-state index in [4.69, 9.17) is 9.15 Å². The number of furan rings is 1. The lowest BCUT2D eigenvalue weighted by molar-refractivity contribution is -0.119. The molecule has 3 aromatic rings. The van der Waals surface area contributed by atoms with Crippen molar-refractivity contribution in [3.63, 3.8) is 0 Å². The number of hydrogen-bond acceptors (Lipinski definition) is 5. The van der Waals surface area contributed by atoms with Gasteiger partial charge in [-0.15, -0.1) is 0 Å². The third-order valence-corrected chi connectivity index (χ3v) is 4.60. The van der Waals surface area contributed by atoms with Gasteiger partial charge in [0.25, 0.3) is 5.91 Å². The molecule has 1 N–H and O–H groups in total. The minimum atomic E-state index is -0.564. The first-order chi connectivity index (χ1) is 13.8. The van der Waals surface area contributed by atoms with Crippen LogP contribution in [-0.4, -0.2) is 28.8 Å². The number of hydrogen-bond donors (Lipinski definition) is 1. The Balaban J connectivity index is 1.59. The second-order valence-corrected chi connectivity index (χ2v) is 6.71. The third-order valence-electron chi connectivity index (χ3n) is 4.60. The van der Waals surface area contributed by atoms with Crippen LogP contribution in [-0.2, 0) is 16.1 Å². The number of benzene rings is 1. The molecule has 0 radical (unpaired) electrons. The highest BCUT2D eigenvalue weighted by Gasteiger charge is 2.18. The van der Waals surface area contributed by atoms with E-state index < -0.39 is 18.5 Å². The minimum Gasteiger partial charge on any atom is -0.467 e. The molecule has 2 aromatic heterocycles. The topological polar surface area (TPSA) is 90.5 Å². The summed E-state index contributed by atoms with van der Waals surface area (Å²) in [6.07, 6.45) is 1.60. The van der Waals surface area contributed by atoms with Crippen LogP contribution in [0.4, 0.5) is 5.69 Å². The van der Waals surface area contributed by atoms with Gasteiger partial charge in [0, 0.05) is 22.6 Å². The van der Waals surface area contributed by atoms with Crippen LogP contribution in [0, 0.1) is 13.8 Å². The first kappa shape index (κ1) is 20.1. The maximum atomic E-state index is 12.4. The number of aryl methyl sites for hydroxylation is 1. The molecule has 0 unspecified atom stereocenters. The third kappa shape index (κ3) is 4.82. The molecule has 1 amide bonds. The van der Waals surface area contributed by atoms with Crippen molar-refractivity contribution in [2.45, 2.75) is 27.3 Å². The number of nitrogens with one attached hydrogen (secondary N) is 1. The van der Waals surface area contributed by atoms with Crippen LogP contribution < -0.4 is 5.32 Å². The number of nitrogens with zero attached hydrogens (tertiary/aromatic N) is 1. The molecule has 0 spiro atoms. The molecular formula is C22H22N2O5. The first-order valence-electron chi connectivity index (χ1n) is 9.12. The number of ketones is 1. The minimum absolute atomic E-state index is 0.0542. The lowest BCUT2D eigenvalue weighted by atomic mass is 10.1. The van der Waals surface area contributed by atoms with Gasteiger partial charge >= 0.3 is 5.97 Å². The number of esters is 1. The molecule has 0 bridgehead atoms. The van der Waals surface area contributed by atoms with Crippen molar-refractivity contribution in [1.82, 2.24) is 4.57 Å². The summed E-state index contributed by atoms with van der Waals surface area (Å²) in [7, 11) is 0. The molecule has 0 atom stereocenters. The molecule has 1 aromatic carbocycles. The summed E-state index contributed by atoms with van der Waals surface area (Å²) >= 11 is 0. The molecule has 0 fully saturated rings. The van der Waals surface area contributed by atoms with E-state index in [1.165, 1.54) is 6.92 Å². The van der Waals surface area contributed by atoms with E-state index in [9.17, 15) is 14.4 Å². The van der Waals surface area contributed by atoms with Gasteiger partial charge in [0.15, 0.2) is 12.4 Å². The highest BCUT2D eigenvalue weighted by molar-refractivity contribution is 5.97. The zero-order chi connectivity index (χ0) is 21.0. The van der Waals surface area contributed by atoms with E-state index in [2.05, 4.69) is 5.32 Å². The van der Waals surface area contributed by atoms with Crippen molar-refractivity contribution in [3.05, 3.63) is 77.0 Å². The van der Waals surface area contributed by atoms with Crippen molar-refractivity contribution in [2.24, 2.45) is 0 Å². The summed E-state index contributed by atoms with van der Waals surface area (Å²) in [5.74, 6) is -0.299. The summed E-state index contributed by atoms with van der Waals surface area (Å²) < 4.78 is 12.5. The van der Waals surface area contributed by atoms with Gasteiger partial charge in [0.2, 0.25) is 0 Å². The van der Waals surface area contributed by atoms with Crippen LogP contribution in [0.1, 0.15) is 44.8 Å². The van der Waals surface area contributed by atoms with Crippen molar-refractivity contribution in [3.8, 4) is 0 Å². The molecule has 29 heavy (non-hydrogen) atoms. The van der Waals surface area contributed by atoms with Gasteiger partial charge < -0.3 is 19.0 Å². The largest absolute Gasteiger partial charge is 0.467 e. The Bertz CT molecular complexity index is 1030. The van der Waals surface area contributed by atoms with Crippen LogP contribution in [0.3, 0.4) is 0 Å². The van der Waals surface area contributed by atoms with E-state index in [1.807, 2.05) is 30.5 Å². The van der Waals surface area contributed by atoms with Gasteiger partial charge in [-0.2, -0.15) is 0 Å². The van der Waals surface area contributed by atoms with Gasteiger partial charge in [0.05, 0.1) is 18.4 Å². The molecule has 7 nitrogen and oxygen atoms in total. The molecule has 3 rings (SSSR count).